The van der Waals surface area contributed by atoms with Gasteiger partial charge in [-0.15, -0.1) is 0 Å². The molecule has 1 aliphatic heterocycles. The van der Waals surface area contributed by atoms with Gasteiger partial charge in [-0.05, 0) is 11.5 Å². The van der Waals surface area contributed by atoms with Crippen LogP contribution in [0.2, 0.25) is 0 Å². The van der Waals surface area contributed by atoms with Crippen molar-refractivity contribution in [3.8, 4) is 0 Å². The molecule has 7 nitrogen and oxygen atoms in total. The van der Waals surface area contributed by atoms with Crippen LogP contribution in [0.5, 0.6) is 0 Å². The lowest BCUT2D eigenvalue weighted by Gasteiger charge is -2.27. The van der Waals surface area contributed by atoms with Gasteiger partial charge in [-0.1, -0.05) is 44.2 Å². The summed E-state index contributed by atoms with van der Waals surface area (Å²) >= 11 is 0. The molecule has 0 fully saturated rings. The molecule has 0 aromatic heterocycles. The Hall–Kier alpha value is -2.70. The second-order valence-corrected chi connectivity index (χ2v) is 6.46. The summed E-state index contributed by atoms with van der Waals surface area (Å²) in [6.07, 6.45) is 0.428. The van der Waals surface area contributed by atoms with Crippen molar-refractivity contribution in [2.45, 2.75) is 33.2 Å². The normalized spacial score (nSPS) is 14.4. The third-order valence-corrected chi connectivity index (χ3v) is 3.73. The average Bonchev–Trinajstić information content (AvgIpc) is 2.56. The van der Waals surface area contributed by atoms with Gasteiger partial charge in [-0.25, -0.2) is 5.01 Å². The lowest BCUT2D eigenvalue weighted by molar-refractivity contribution is -0.142. The van der Waals surface area contributed by atoms with Crippen LogP contribution in [0, 0.1) is 5.92 Å². The number of carboxylic acid groups (broad SMARTS) is 1. The lowest BCUT2D eigenvalue weighted by atomic mass is 10.1. The van der Waals surface area contributed by atoms with Gasteiger partial charge in [0.15, 0.2) is 0 Å². The molecule has 2 rings (SSSR count). The molecular weight excluding hydrogens is 322 g/mol. The van der Waals surface area contributed by atoms with E-state index in [1.807, 2.05) is 44.2 Å². The van der Waals surface area contributed by atoms with Crippen molar-refractivity contribution in [2.75, 3.05) is 13.1 Å². The number of hydrogen-bond donors (Lipinski definition) is 1. The van der Waals surface area contributed by atoms with Crippen LogP contribution in [0.4, 0.5) is 0 Å². The number of rotatable bonds is 7. The van der Waals surface area contributed by atoms with E-state index >= 15 is 0 Å². The Morgan fingerprint density at radius 3 is 2.52 bits per heavy atom. The van der Waals surface area contributed by atoms with Crippen LogP contribution in [0.15, 0.2) is 35.4 Å². The van der Waals surface area contributed by atoms with Crippen LogP contribution in [-0.2, 0) is 20.9 Å². The maximum absolute atomic E-state index is 12.7. The fraction of sp³-hybridized carbons (Fsp3) is 0.444. The van der Waals surface area contributed by atoms with Gasteiger partial charge < -0.3 is 10.0 Å². The van der Waals surface area contributed by atoms with Gasteiger partial charge in [0.2, 0.25) is 5.91 Å². The number of amides is 2. The SMILES string of the molecule is CC(C)CN(CC(=O)O)C(=O)C1=NN(Cc2ccccc2)C(=O)CC1. The fourth-order valence-electron chi connectivity index (χ4n) is 2.64. The van der Waals surface area contributed by atoms with Gasteiger partial charge in [0, 0.05) is 19.4 Å². The molecule has 0 atom stereocenters. The molecule has 0 spiro atoms. The molecule has 1 N–H and O–H groups in total. The number of carbonyl (C=O) groups excluding carboxylic acids is 2. The van der Waals surface area contributed by atoms with E-state index in [2.05, 4.69) is 5.10 Å². The summed E-state index contributed by atoms with van der Waals surface area (Å²) in [5.41, 5.74) is 1.15. The van der Waals surface area contributed by atoms with Crippen molar-refractivity contribution in [1.29, 1.82) is 0 Å². The van der Waals surface area contributed by atoms with Crippen molar-refractivity contribution >= 4 is 23.5 Å². The average molecular weight is 345 g/mol. The van der Waals surface area contributed by atoms with Crippen molar-refractivity contribution in [3.05, 3.63) is 35.9 Å². The van der Waals surface area contributed by atoms with Crippen molar-refractivity contribution in [3.63, 3.8) is 0 Å². The summed E-state index contributed by atoms with van der Waals surface area (Å²) in [6.45, 7) is 4.07. The quantitative estimate of drug-likeness (QED) is 0.815. The molecule has 0 bridgehead atoms. The predicted molar refractivity (Wildman–Crippen MR) is 92.7 cm³/mol. The first-order valence-corrected chi connectivity index (χ1v) is 8.29. The zero-order chi connectivity index (χ0) is 18.4. The molecule has 0 radical (unpaired) electrons. The summed E-state index contributed by atoms with van der Waals surface area (Å²) in [4.78, 5) is 37.1. The van der Waals surface area contributed by atoms with Gasteiger partial charge >= 0.3 is 5.97 Å². The Kier molecular flexibility index (Phi) is 6.27. The molecule has 25 heavy (non-hydrogen) atoms. The van der Waals surface area contributed by atoms with Crippen molar-refractivity contribution < 1.29 is 19.5 Å². The minimum absolute atomic E-state index is 0.134. The van der Waals surface area contributed by atoms with E-state index in [1.165, 1.54) is 9.91 Å². The molecule has 1 heterocycles. The summed E-state index contributed by atoms with van der Waals surface area (Å²) < 4.78 is 0. The van der Waals surface area contributed by atoms with Gasteiger partial charge in [-0.2, -0.15) is 5.10 Å². The summed E-state index contributed by atoms with van der Waals surface area (Å²) in [5, 5.41) is 14.5. The minimum atomic E-state index is -1.07. The second-order valence-electron chi connectivity index (χ2n) is 6.46. The molecular formula is C18H23N3O4. The number of carboxylic acids is 1. The number of benzene rings is 1. The number of hydrazone groups is 1. The molecule has 0 saturated carbocycles. The number of carbonyl (C=O) groups is 3. The number of aliphatic carboxylic acids is 1. The van der Waals surface area contributed by atoms with E-state index in [0.717, 1.165) is 5.56 Å². The molecule has 134 valence electrons. The van der Waals surface area contributed by atoms with Gasteiger partial charge in [0.25, 0.3) is 5.91 Å². The van der Waals surface area contributed by atoms with Gasteiger partial charge in [-0.3, -0.25) is 14.4 Å². The monoisotopic (exact) mass is 345 g/mol. The number of hydrogen-bond acceptors (Lipinski definition) is 4. The highest BCUT2D eigenvalue weighted by atomic mass is 16.4. The minimum Gasteiger partial charge on any atom is -0.480 e. The Morgan fingerprint density at radius 2 is 1.92 bits per heavy atom. The Balaban J connectivity index is 2.17. The first-order valence-electron chi connectivity index (χ1n) is 8.29. The Labute approximate surface area is 146 Å². The highest BCUT2D eigenvalue weighted by molar-refractivity contribution is 6.39. The molecule has 0 aliphatic carbocycles. The maximum atomic E-state index is 12.7. The first-order chi connectivity index (χ1) is 11.9. The zero-order valence-corrected chi connectivity index (χ0v) is 14.5. The van der Waals surface area contributed by atoms with E-state index < -0.39 is 11.9 Å². The highest BCUT2D eigenvalue weighted by Crippen LogP contribution is 2.15. The van der Waals surface area contributed by atoms with Gasteiger partial charge in [0.1, 0.15) is 12.3 Å². The first kappa shape index (κ1) is 18.6. The molecule has 1 aliphatic rings. The Bertz CT molecular complexity index is 670. The second kappa shape index (κ2) is 8.41. The van der Waals surface area contributed by atoms with Crippen molar-refractivity contribution in [2.24, 2.45) is 11.0 Å². The zero-order valence-electron chi connectivity index (χ0n) is 14.5. The smallest absolute Gasteiger partial charge is 0.323 e. The molecule has 2 amide bonds. The molecule has 1 aromatic carbocycles. The molecule has 7 heteroatoms. The molecule has 1 aromatic rings. The largest absolute Gasteiger partial charge is 0.480 e. The van der Waals surface area contributed by atoms with Crippen LogP contribution in [-0.4, -0.2) is 51.6 Å². The molecule has 0 unspecified atom stereocenters. The van der Waals surface area contributed by atoms with E-state index in [1.54, 1.807) is 0 Å². The van der Waals surface area contributed by atoms with Gasteiger partial charge in [0.05, 0.1) is 6.54 Å². The van der Waals surface area contributed by atoms with Crippen molar-refractivity contribution in [1.82, 2.24) is 9.91 Å². The lowest BCUT2D eigenvalue weighted by Crippen LogP contribution is -2.44. The van der Waals surface area contributed by atoms with Crippen LogP contribution in [0.3, 0.4) is 0 Å². The van der Waals surface area contributed by atoms with Crippen LogP contribution in [0.1, 0.15) is 32.3 Å². The Morgan fingerprint density at radius 1 is 1.24 bits per heavy atom. The molecule has 0 saturated heterocycles. The highest BCUT2D eigenvalue weighted by Gasteiger charge is 2.28. The van der Waals surface area contributed by atoms with Crippen LogP contribution < -0.4 is 0 Å². The predicted octanol–water partition coefficient (Wildman–Crippen LogP) is 1.73. The van der Waals surface area contributed by atoms with E-state index in [9.17, 15) is 14.4 Å². The summed E-state index contributed by atoms with van der Waals surface area (Å²) in [7, 11) is 0. The van der Waals surface area contributed by atoms with Crippen LogP contribution in [0.25, 0.3) is 0 Å². The van der Waals surface area contributed by atoms with E-state index in [0.29, 0.717) is 13.1 Å². The maximum Gasteiger partial charge on any atom is 0.323 e. The van der Waals surface area contributed by atoms with Crippen LogP contribution >= 0.6 is 0 Å². The standard InChI is InChI=1S/C18H23N3O4/c1-13(2)10-20(12-17(23)24)18(25)15-8-9-16(22)21(19-15)11-14-6-4-3-5-7-14/h3-7,13H,8-12H2,1-2H3,(H,23,24). The van der Waals surface area contributed by atoms with E-state index in [4.69, 9.17) is 5.11 Å². The summed E-state index contributed by atoms with van der Waals surface area (Å²) in [5.74, 6) is -1.49. The van der Waals surface area contributed by atoms with E-state index in [-0.39, 0.29) is 36.9 Å². The summed E-state index contributed by atoms with van der Waals surface area (Å²) in [6, 6.07) is 9.39. The fourth-order valence-corrected chi connectivity index (χ4v) is 2.64. The topological polar surface area (TPSA) is 90.3 Å². The number of nitrogens with zero attached hydrogens (tertiary/aromatic N) is 3. The third kappa shape index (κ3) is 5.41. The third-order valence-electron chi connectivity index (χ3n) is 3.73.